The molecular weight excluding hydrogens is 264 g/mol. The second-order valence-corrected chi connectivity index (χ2v) is 8.60. The molecule has 20 heavy (non-hydrogen) atoms. The highest BCUT2D eigenvalue weighted by Gasteiger charge is 2.40. The zero-order valence-corrected chi connectivity index (χ0v) is 14.4. The van der Waals surface area contributed by atoms with Gasteiger partial charge in [0.1, 0.15) is 0 Å². The van der Waals surface area contributed by atoms with Gasteiger partial charge in [-0.1, -0.05) is 13.8 Å². The lowest BCUT2D eigenvalue weighted by Gasteiger charge is -2.50. The summed E-state index contributed by atoms with van der Waals surface area (Å²) in [5.74, 6) is 0.801. The highest BCUT2D eigenvalue weighted by molar-refractivity contribution is 7.99. The summed E-state index contributed by atoms with van der Waals surface area (Å²) in [6.07, 6.45) is 11.0. The second kappa shape index (κ2) is 6.58. The van der Waals surface area contributed by atoms with Crippen LogP contribution in [0.2, 0.25) is 0 Å². The molecule has 3 aliphatic rings. The molecule has 0 bridgehead atoms. The molecule has 0 radical (unpaired) electrons. The first-order valence-electron chi connectivity index (χ1n) is 8.71. The van der Waals surface area contributed by atoms with Crippen LogP contribution in [0.4, 0.5) is 0 Å². The molecule has 2 heterocycles. The summed E-state index contributed by atoms with van der Waals surface area (Å²) in [6.45, 7) is 8.92. The largest absolute Gasteiger partial charge is 0.298 e. The molecule has 2 saturated heterocycles. The molecule has 0 aromatic heterocycles. The summed E-state index contributed by atoms with van der Waals surface area (Å²) in [5, 5.41) is 0.941. The first-order valence-corrected chi connectivity index (χ1v) is 10.0. The van der Waals surface area contributed by atoms with Gasteiger partial charge < -0.3 is 0 Å². The van der Waals surface area contributed by atoms with Crippen LogP contribution in [0.15, 0.2) is 0 Å². The molecule has 2 unspecified atom stereocenters. The Morgan fingerprint density at radius 1 is 0.950 bits per heavy atom. The van der Waals surface area contributed by atoms with Crippen molar-refractivity contribution in [3.05, 3.63) is 0 Å². The van der Waals surface area contributed by atoms with Crippen LogP contribution in [-0.4, -0.2) is 59.1 Å². The normalized spacial score (nSPS) is 40.2. The number of thioether (sulfide) groups is 1. The van der Waals surface area contributed by atoms with Crippen LogP contribution in [0.25, 0.3) is 0 Å². The van der Waals surface area contributed by atoms with Crippen molar-refractivity contribution in [1.82, 2.24) is 9.80 Å². The Balaban J connectivity index is 1.66. The molecule has 1 saturated carbocycles. The van der Waals surface area contributed by atoms with E-state index in [-0.39, 0.29) is 0 Å². The SMILES string of the molecule is CSC1CCC(N2CC3CCCN3CC2C(C)C)CC1. The summed E-state index contributed by atoms with van der Waals surface area (Å²) in [6, 6.07) is 2.57. The maximum atomic E-state index is 2.94. The molecule has 2 nitrogen and oxygen atoms in total. The number of nitrogens with zero attached hydrogens (tertiary/aromatic N) is 2. The fourth-order valence-electron chi connectivity index (χ4n) is 4.69. The Labute approximate surface area is 129 Å². The van der Waals surface area contributed by atoms with E-state index in [0.29, 0.717) is 0 Å². The number of fused-ring (bicyclic) bond motifs is 1. The molecule has 3 fully saturated rings. The van der Waals surface area contributed by atoms with Crippen molar-refractivity contribution in [3.63, 3.8) is 0 Å². The van der Waals surface area contributed by atoms with Gasteiger partial charge in [0.15, 0.2) is 0 Å². The van der Waals surface area contributed by atoms with Gasteiger partial charge in [-0.3, -0.25) is 9.80 Å². The van der Waals surface area contributed by atoms with Gasteiger partial charge >= 0.3 is 0 Å². The highest BCUT2D eigenvalue weighted by Crippen LogP contribution is 2.35. The predicted octanol–water partition coefficient (Wildman–Crippen LogP) is 3.47. The number of hydrogen-bond donors (Lipinski definition) is 0. The zero-order valence-electron chi connectivity index (χ0n) is 13.6. The topological polar surface area (TPSA) is 6.48 Å². The van der Waals surface area contributed by atoms with Gasteiger partial charge in [0, 0.05) is 36.5 Å². The quantitative estimate of drug-likeness (QED) is 0.787. The molecule has 0 aromatic carbocycles. The third-order valence-electron chi connectivity index (χ3n) is 5.98. The average molecular weight is 297 g/mol. The third kappa shape index (κ3) is 3.05. The maximum Gasteiger partial charge on any atom is 0.0249 e. The molecule has 3 rings (SSSR count). The minimum absolute atomic E-state index is 0.801. The molecule has 1 aliphatic carbocycles. The summed E-state index contributed by atoms with van der Waals surface area (Å²) < 4.78 is 0. The average Bonchev–Trinajstić information content (AvgIpc) is 2.93. The summed E-state index contributed by atoms with van der Waals surface area (Å²) in [7, 11) is 0. The Kier molecular flexibility index (Phi) is 4.99. The molecule has 0 amide bonds. The van der Waals surface area contributed by atoms with Crippen molar-refractivity contribution < 1.29 is 0 Å². The fraction of sp³-hybridized carbons (Fsp3) is 1.00. The molecule has 2 aliphatic heterocycles. The van der Waals surface area contributed by atoms with E-state index in [1.165, 1.54) is 58.2 Å². The van der Waals surface area contributed by atoms with E-state index in [9.17, 15) is 0 Å². The molecule has 116 valence electrons. The van der Waals surface area contributed by atoms with E-state index in [1.807, 2.05) is 0 Å². The van der Waals surface area contributed by atoms with E-state index in [0.717, 1.165) is 29.3 Å². The van der Waals surface area contributed by atoms with Crippen LogP contribution in [0.5, 0.6) is 0 Å². The van der Waals surface area contributed by atoms with Crippen molar-refractivity contribution in [3.8, 4) is 0 Å². The summed E-state index contributed by atoms with van der Waals surface area (Å²) in [4.78, 5) is 5.72. The van der Waals surface area contributed by atoms with Gasteiger partial charge in [-0.05, 0) is 57.2 Å². The van der Waals surface area contributed by atoms with Gasteiger partial charge in [0.2, 0.25) is 0 Å². The van der Waals surface area contributed by atoms with Gasteiger partial charge in [-0.15, -0.1) is 0 Å². The number of hydrogen-bond acceptors (Lipinski definition) is 3. The van der Waals surface area contributed by atoms with Crippen LogP contribution in [0, 0.1) is 5.92 Å². The molecule has 0 aromatic rings. The Morgan fingerprint density at radius 2 is 1.70 bits per heavy atom. The van der Waals surface area contributed by atoms with E-state index >= 15 is 0 Å². The lowest BCUT2D eigenvalue weighted by atomic mass is 9.88. The van der Waals surface area contributed by atoms with Gasteiger partial charge in [-0.25, -0.2) is 0 Å². The van der Waals surface area contributed by atoms with Crippen molar-refractivity contribution >= 4 is 11.8 Å². The fourth-order valence-corrected chi connectivity index (χ4v) is 5.44. The third-order valence-corrected chi connectivity index (χ3v) is 7.12. The summed E-state index contributed by atoms with van der Waals surface area (Å²) >= 11 is 2.09. The first kappa shape index (κ1) is 15.2. The van der Waals surface area contributed by atoms with Crippen LogP contribution in [-0.2, 0) is 0 Å². The molecule has 3 heteroatoms. The van der Waals surface area contributed by atoms with Crippen LogP contribution < -0.4 is 0 Å². The lowest BCUT2D eigenvalue weighted by Crippen LogP contribution is -2.61. The molecule has 0 spiro atoms. The van der Waals surface area contributed by atoms with Crippen molar-refractivity contribution in [2.24, 2.45) is 5.92 Å². The monoisotopic (exact) mass is 296 g/mol. The Morgan fingerprint density at radius 3 is 2.35 bits per heavy atom. The van der Waals surface area contributed by atoms with Crippen LogP contribution in [0.1, 0.15) is 52.4 Å². The van der Waals surface area contributed by atoms with E-state index in [4.69, 9.17) is 0 Å². The van der Waals surface area contributed by atoms with E-state index in [2.05, 4.69) is 41.7 Å². The first-order chi connectivity index (χ1) is 9.69. The second-order valence-electron chi connectivity index (χ2n) is 7.47. The standard InChI is InChI=1S/C17H32N2S/c1-13(2)17-12-18-10-4-5-15(18)11-19(17)14-6-8-16(20-3)9-7-14/h13-17H,4-12H2,1-3H3. The van der Waals surface area contributed by atoms with Gasteiger partial charge in [0.25, 0.3) is 0 Å². The molecule has 0 N–H and O–H groups in total. The number of piperazine rings is 1. The maximum absolute atomic E-state index is 2.94. The predicted molar refractivity (Wildman–Crippen MR) is 89.5 cm³/mol. The van der Waals surface area contributed by atoms with E-state index < -0.39 is 0 Å². The minimum Gasteiger partial charge on any atom is -0.298 e. The van der Waals surface area contributed by atoms with Gasteiger partial charge in [0.05, 0.1) is 0 Å². The molecule has 2 atom stereocenters. The van der Waals surface area contributed by atoms with Crippen molar-refractivity contribution in [2.45, 2.75) is 75.7 Å². The Hall–Kier alpha value is 0.270. The summed E-state index contributed by atoms with van der Waals surface area (Å²) in [5.41, 5.74) is 0. The van der Waals surface area contributed by atoms with E-state index in [1.54, 1.807) is 0 Å². The molecular formula is C17H32N2S. The smallest absolute Gasteiger partial charge is 0.0249 e. The van der Waals surface area contributed by atoms with Crippen molar-refractivity contribution in [2.75, 3.05) is 25.9 Å². The Bertz CT molecular complexity index is 312. The zero-order chi connectivity index (χ0) is 14.1. The van der Waals surface area contributed by atoms with Crippen molar-refractivity contribution in [1.29, 1.82) is 0 Å². The van der Waals surface area contributed by atoms with Crippen LogP contribution in [0.3, 0.4) is 0 Å². The minimum atomic E-state index is 0.801. The van der Waals surface area contributed by atoms with Crippen LogP contribution >= 0.6 is 11.8 Å². The van der Waals surface area contributed by atoms with Gasteiger partial charge in [-0.2, -0.15) is 11.8 Å². The highest BCUT2D eigenvalue weighted by atomic mass is 32.2. The lowest BCUT2D eigenvalue weighted by molar-refractivity contribution is -0.00948. The number of rotatable bonds is 3.